The highest BCUT2D eigenvalue weighted by Crippen LogP contribution is 2.43. The Bertz CT molecular complexity index is 2750. The quantitative estimate of drug-likeness (QED) is 0.0154. The average Bonchev–Trinajstić information content (AvgIpc) is 3.71. The van der Waals surface area contributed by atoms with E-state index in [-0.39, 0.29) is 45.3 Å². The number of aromatic nitrogens is 3. The summed E-state index contributed by atoms with van der Waals surface area (Å²) >= 11 is 3.38. The highest BCUT2D eigenvalue weighted by Gasteiger charge is 2.54. The molecule has 0 spiro atoms. The Labute approximate surface area is 374 Å². The first kappa shape index (κ1) is 44.5. The van der Waals surface area contributed by atoms with E-state index in [2.05, 4.69) is 31.3 Å². The van der Waals surface area contributed by atoms with Crippen LogP contribution in [0.4, 0.5) is 9.93 Å². The molecule has 0 radical (unpaired) electrons. The minimum Gasteiger partial charge on any atom is -0.504 e. The van der Waals surface area contributed by atoms with Gasteiger partial charge in [-0.1, -0.05) is 41.6 Å². The summed E-state index contributed by atoms with van der Waals surface area (Å²) in [7, 11) is 0. The van der Waals surface area contributed by atoms with Gasteiger partial charge in [0.1, 0.15) is 22.1 Å². The minimum absolute atomic E-state index is 0.0572. The van der Waals surface area contributed by atoms with E-state index in [9.17, 15) is 49.5 Å². The fourth-order valence-corrected chi connectivity index (χ4v) is 8.98. The lowest BCUT2D eigenvalue weighted by molar-refractivity contribution is -0.148. The molecule has 64 heavy (non-hydrogen) atoms. The molecule has 21 nitrogen and oxygen atoms in total. The molecule has 2 aromatic heterocycles. The number of benzene rings is 3. The summed E-state index contributed by atoms with van der Waals surface area (Å²) in [5, 5.41) is 56.7. The lowest BCUT2D eigenvalue weighted by atomic mass is 10.1. The largest absolute Gasteiger partial charge is 0.512 e. The fourth-order valence-electron chi connectivity index (χ4n) is 5.97. The summed E-state index contributed by atoms with van der Waals surface area (Å²) in [4.78, 5) is 85.1. The number of nitrogens with zero attached hydrogens (tertiary/aromatic N) is 5. The Morgan fingerprint density at radius 3 is 2.34 bits per heavy atom. The number of oxime groups is 1. The van der Waals surface area contributed by atoms with Crippen LogP contribution in [0.1, 0.15) is 29.9 Å². The molecule has 2 atom stereocenters. The molecule has 7 rings (SSSR count). The third kappa shape index (κ3) is 9.57. The van der Waals surface area contributed by atoms with Crippen LogP contribution in [0, 0.1) is 0 Å². The number of β-lactam (4-membered cyclic amide) rings is 1. The number of nitrogens with one attached hydrogen (secondary N) is 3. The maximum Gasteiger partial charge on any atom is 0.512 e. The molecule has 1 saturated heterocycles. The number of nitrogen functional groups attached to an aromatic ring is 1. The van der Waals surface area contributed by atoms with Crippen LogP contribution in [-0.2, 0) is 24.0 Å². The zero-order valence-electron chi connectivity index (χ0n) is 33.2. The van der Waals surface area contributed by atoms with Crippen molar-refractivity contribution in [1.29, 1.82) is 0 Å². The number of amides is 4. The van der Waals surface area contributed by atoms with Crippen molar-refractivity contribution < 1.29 is 59.1 Å². The highest BCUT2D eigenvalue weighted by atomic mass is 32.2. The van der Waals surface area contributed by atoms with Gasteiger partial charge >= 0.3 is 6.16 Å². The maximum absolute atomic E-state index is 13.8. The number of rotatable bonds is 13. The van der Waals surface area contributed by atoms with Gasteiger partial charge in [0, 0.05) is 45.3 Å². The standard InChI is InChI=1S/C40H35N9O12S3/c1-40(2,37(57)47-46-31(54)20-9-11-25(51)27(53)13-20)61-48-28(23-17-64-38(41)43-23)32(55)44-29-34(56)49-35(60-39(58)59)21(16-63-36(29)49)15-62-33-22(19-8-10-24(50)26(52)12-19)14-42-30(45-33)18-6-4-3-5-7-18/h3-14,17,29,36,50-53H,15-16H2,1-2H3,(H2,41,43)(H,44,55)(H,46,54)(H,47,57)(H,58,59)/b48-28-/t29-,36-/m1/s1. The monoisotopic (exact) mass is 929 g/mol. The van der Waals surface area contributed by atoms with Crippen molar-refractivity contribution in [2.24, 2.45) is 5.16 Å². The molecule has 2 aliphatic rings. The molecule has 330 valence electrons. The number of carbonyl (C=O) groups is 5. The number of fused-ring (bicyclic) bond motifs is 1. The Balaban J connectivity index is 1.08. The van der Waals surface area contributed by atoms with Crippen molar-refractivity contribution in [1.82, 2.24) is 36.0 Å². The molecule has 4 heterocycles. The molecule has 3 aromatic carbocycles. The van der Waals surface area contributed by atoms with E-state index in [0.717, 1.165) is 33.9 Å². The molecule has 5 aromatic rings. The SMILES string of the molecule is CC(C)(O/N=C(\C(=O)N[C@@H]1C(=O)N2C(OC(=O)O)=C(CSc3nc(-c4ccccc4)ncc3-c3ccc(O)c(O)c3)CS[C@H]12)c1csc(N)n1)C(=O)NNC(=O)c1ccc(O)c(O)c1. The smallest absolute Gasteiger partial charge is 0.504 e. The summed E-state index contributed by atoms with van der Waals surface area (Å²) in [6, 6.07) is 15.5. The van der Waals surface area contributed by atoms with Gasteiger partial charge in [-0.25, -0.2) is 19.7 Å². The Hall–Kier alpha value is -7.57. The summed E-state index contributed by atoms with van der Waals surface area (Å²) in [6.07, 6.45) is -0.118. The van der Waals surface area contributed by atoms with Gasteiger partial charge < -0.3 is 46.2 Å². The van der Waals surface area contributed by atoms with Gasteiger partial charge in [0.25, 0.3) is 23.6 Å². The van der Waals surface area contributed by atoms with Crippen LogP contribution in [0.5, 0.6) is 23.0 Å². The zero-order valence-corrected chi connectivity index (χ0v) is 35.7. The molecule has 2 aliphatic heterocycles. The number of aromatic hydroxyl groups is 4. The van der Waals surface area contributed by atoms with E-state index in [1.165, 1.54) is 61.0 Å². The van der Waals surface area contributed by atoms with Crippen LogP contribution >= 0.6 is 34.9 Å². The van der Waals surface area contributed by atoms with Gasteiger partial charge in [0.05, 0.1) is 0 Å². The number of nitrogens with two attached hydrogens (primary N) is 1. The first-order chi connectivity index (χ1) is 30.5. The minimum atomic E-state index is -1.84. The number of hydrazine groups is 1. The molecule has 4 amide bonds. The molecular weight excluding hydrogens is 895 g/mol. The first-order valence-corrected chi connectivity index (χ1v) is 21.5. The number of phenols is 4. The number of ether oxygens (including phenoxy) is 1. The number of anilines is 1. The van der Waals surface area contributed by atoms with Crippen LogP contribution in [-0.4, -0.2) is 109 Å². The van der Waals surface area contributed by atoms with Crippen molar-refractivity contribution in [2.75, 3.05) is 17.2 Å². The lowest BCUT2D eigenvalue weighted by Gasteiger charge is -2.49. The average molecular weight is 930 g/mol. The zero-order chi connectivity index (χ0) is 45.9. The number of thioether (sulfide) groups is 2. The number of hydrogen-bond donors (Lipinski definition) is 9. The number of carbonyl (C=O) groups excluding carboxylic acids is 4. The van der Waals surface area contributed by atoms with E-state index < -0.39 is 64.0 Å². The van der Waals surface area contributed by atoms with Crippen molar-refractivity contribution >= 4 is 75.5 Å². The molecular formula is C40H35N9O12S3. The van der Waals surface area contributed by atoms with Crippen molar-refractivity contribution in [3.8, 4) is 45.5 Å². The Morgan fingerprint density at radius 1 is 0.953 bits per heavy atom. The summed E-state index contributed by atoms with van der Waals surface area (Å²) in [5.41, 5.74) is 9.77. The second-order valence-electron chi connectivity index (χ2n) is 14.1. The predicted octanol–water partition coefficient (Wildman–Crippen LogP) is 3.73. The van der Waals surface area contributed by atoms with Gasteiger partial charge in [0.15, 0.2) is 39.7 Å². The van der Waals surface area contributed by atoms with Crippen LogP contribution < -0.4 is 21.9 Å². The van der Waals surface area contributed by atoms with E-state index >= 15 is 0 Å². The van der Waals surface area contributed by atoms with E-state index in [4.69, 9.17) is 20.3 Å². The van der Waals surface area contributed by atoms with E-state index in [1.807, 2.05) is 30.3 Å². The third-order valence-corrected chi connectivity index (χ3v) is 12.4. The lowest BCUT2D eigenvalue weighted by Crippen LogP contribution is -2.70. The molecule has 0 aliphatic carbocycles. The summed E-state index contributed by atoms with van der Waals surface area (Å²) in [5.74, 6) is -4.76. The number of phenolic OH excluding ortho intramolecular Hbond substituents is 4. The molecule has 0 saturated carbocycles. The second kappa shape index (κ2) is 18.4. The van der Waals surface area contributed by atoms with Gasteiger partial charge in [-0.15, -0.1) is 34.9 Å². The van der Waals surface area contributed by atoms with Crippen LogP contribution in [0.2, 0.25) is 0 Å². The molecule has 0 unspecified atom stereocenters. The van der Waals surface area contributed by atoms with Gasteiger partial charge in [-0.05, 0) is 49.7 Å². The molecule has 10 N–H and O–H groups in total. The number of carboxylic acid groups (broad SMARTS) is 1. The fraction of sp³-hybridized carbons (Fsp3) is 0.175. The third-order valence-electron chi connectivity index (χ3n) is 9.34. The topological polar surface area (TPSA) is 321 Å². The normalized spacial score (nSPS) is 16.0. The maximum atomic E-state index is 13.8. The van der Waals surface area contributed by atoms with Crippen LogP contribution in [0.3, 0.4) is 0 Å². The predicted molar refractivity (Wildman–Crippen MR) is 232 cm³/mol. The van der Waals surface area contributed by atoms with Crippen molar-refractivity contribution in [3.05, 3.63) is 101 Å². The van der Waals surface area contributed by atoms with Gasteiger partial charge in [-0.2, -0.15) is 0 Å². The second-order valence-corrected chi connectivity index (χ2v) is 17.1. The first-order valence-electron chi connectivity index (χ1n) is 18.6. The Morgan fingerprint density at radius 2 is 1.67 bits per heavy atom. The summed E-state index contributed by atoms with van der Waals surface area (Å²) < 4.78 is 5.19. The van der Waals surface area contributed by atoms with Gasteiger partial charge in [0.2, 0.25) is 11.5 Å². The van der Waals surface area contributed by atoms with Crippen molar-refractivity contribution in [3.63, 3.8) is 0 Å². The van der Waals surface area contributed by atoms with Crippen LogP contribution in [0.15, 0.2) is 99.9 Å². The molecule has 1 fully saturated rings. The van der Waals surface area contributed by atoms with E-state index in [0.29, 0.717) is 27.6 Å². The number of hydrogen-bond acceptors (Lipinski definition) is 19. The summed E-state index contributed by atoms with van der Waals surface area (Å²) in [6.45, 7) is 2.55. The van der Waals surface area contributed by atoms with E-state index in [1.54, 1.807) is 12.3 Å². The number of thiazole rings is 1. The van der Waals surface area contributed by atoms with Crippen molar-refractivity contribution in [2.45, 2.75) is 35.9 Å². The molecule has 24 heteroatoms. The molecule has 0 bridgehead atoms. The van der Waals surface area contributed by atoms with Gasteiger partial charge in [-0.3, -0.25) is 34.9 Å². The Kier molecular flexibility index (Phi) is 12.8. The highest BCUT2D eigenvalue weighted by molar-refractivity contribution is 8.01. The van der Waals surface area contributed by atoms with Crippen LogP contribution in [0.25, 0.3) is 22.5 Å².